The highest BCUT2D eigenvalue weighted by Gasteiger charge is 2.29. The van der Waals surface area contributed by atoms with Crippen molar-refractivity contribution in [3.63, 3.8) is 0 Å². The van der Waals surface area contributed by atoms with E-state index in [0.717, 1.165) is 0 Å². The summed E-state index contributed by atoms with van der Waals surface area (Å²) in [5.74, 6) is 0.249. The Labute approximate surface area is 120 Å². The van der Waals surface area contributed by atoms with Gasteiger partial charge in [-0.3, -0.25) is 14.3 Å². The van der Waals surface area contributed by atoms with Crippen molar-refractivity contribution in [2.24, 2.45) is 0 Å². The third-order valence-electron chi connectivity index (χ3n) is 2.54. The van der Waals surface area contributed by atoms with Crippen LogP contribution in [0.1, 0.15) is 6.92 Å². The molecule has 1 unspecified atom stereocenters. The minimum atomic E-state index is -4.25. The van der Waals surface area contributed by atoms with Gasteiger partial charge < -0.3 is 30.5 Å². The number of H-pyrrole nitrogens is 1. The normalized spacial score (nSPS) is 14.7. The minimum absolute atomic E-state index is 0.0420. The van der Waals surface area contributed by atoms with Gasteiger partial charge in [0.25, 0.3) is 5.56 Å². The number of fused-ring (bicyclic) bond motifs is 1. The van der Waals surface area contributed by atoms with Crippen LogP contribution in [0.4, 0.5) is 17.5 Å². The molecule has 10 nitrogen and oxygen atoms in total. The third kappa shape index (κ3) is 4.30. The number of nitrogens with one attached hydrogen (secondary N) is 2. The van der Waals surface area contributed by atoms with Gasteiger partial charge in [-0.15, -0.1) is 13.2 Å². The molecule has 0 radical (unpaired) electrons. The number of nitrogen functional groups attached to an aromatic ring is 1. The Bertz CT molecular complexity index is 600. The van der Waals surface area contributed by atoms with E-state index in [-0.39, 0.29) is 18.3 Å². The minimum Gasteiger partial charge on any atom is -0.369 e. The number of hydrogen-bond acceptors (Lipinski definition) is 7. The van der Waals surface area contributed by atoms with Crippen molar-refractivity contribution in [2.45, 2.75) is 13.2 Å². The molecule has 1 aliphatic heterocycles. The molecule has 1 aromatic heterocycles. The molecule has 118 valence electrons. The maximum Gasteiger partial charge on any atom is 0.351 e. The van der Waals surface area contributed by atoms with Gasteiger partial charge in [-0.25, -0.2) is 0 Å². The molecule has 0 aromatic carbocycles. The van der Waals surface area contributed by atoms with Crippen molar-refractivity contribution in [1.29, 1.82) is 0 Å². The van der Waals surface area contributed by atoms with E-state index in [1.54, 1.807) is 6.92 Å². The number of anilines is 3. The summed E-state index contributed by atoms with van der Waals surface area (Å²) in [4.78, 5) is 36.9. The highest BCUT2D eigenvalue weighted by molar-refractivity contribution is 7.51. The van der Waals surface area contributed by atoms with E-state index in [1.807, 2.05) is 0 Å². The van der Waals surface area contributed by atoms with Crippen LogP contribution in [0.25, 0.3) is 0 Å². The monoisotopic (exact) mass is 319 g/mol. The molecule has 11 heteroatoms. The summed E-state index contributed by atoms with van der Waals surface area (Å²) in [6.45, 7) is 7.82. The van der Waals surface area contributed by atoms with Crippen molar-refractivity contribution in [1.82, 2.24) is 9.97 Å². The lowest BCUT2D eigenvalue weighted by molar-refractivity contribution is 0.0868. The lowest BCUT2D eigenvalue weighted by Crippen LogP contribution is -2.35. The average molecular weight is 319 g/mol. The molecule has 0 saturated carbocycles. The Kier molecular flexibility index (Phi) is 5.50. The molecule has 6 N–H and O–H groups in total. The first-order chi connectivity index (χ1) is 9.78. The van der Waals surface area contributed by atoms with Gasteiger partial charge in [0.05, 0.1) is 6.67 Å². The number of aromatic amines is 1. The van der Waals surface area contributed by atoms with Crippen LogP contribution in [0.15, 0.2) is 18.0 Å². The van der Waals surface area contributed by atoms with Crippen LogP contribution in [0, 0.1) is 0 Å². The highest BCUT2D eigenvalue weighted by Crippen LogP contribution is 2.35. The van der Waals surface area contributed by atoms with Crippen LogP contribution in [-0.4, -0.2) is 39.0 Å². The lowest BCUT2D eigenvalue weighted by atomic mass is 10.4. The van der Waals surface area contributed by atoms with E-state index in [2.05, 4.69) is 28.4 Å². The number of aromatic nitrogens is 2. The van der Waals surface area contributed by atoms with Gasteiger partial charge in [0, 0.05) is 0 Å². The van der Waals surface area contributed by atoms with E-state index in [0.29, 0.717) is 5.82 Å². The van der Waals surface area contributed by atoms with Crippen molar-refractivity contribution in [3.8, 4) is 0 Å². The predicted molar refractivity (Wildman–Crippen MR) is 79.0 cm³/mol. The van der Waals surface area contributed by atoms with E-state index < -0.39 is 25.7 Å². The number of nitrogens with zero attached hydrogens (tertiary/aromatic N) is 2. The molecule has 1 aliphatic rings. The number of hydrogen-bond donors (Lipinski definition) is 5. The first-order valence-electron chi connectivity index (χ1n) is 5.84. The molecule has 0 aliphatic carbocycles. The SMILES string of the molecule is C=C.CC(OCP(=O)(O)O)N1CNc2c1nc(N)[nH]c2=O. The average Bonchev–Trinajstić information content (AvgIpc) is 2.81. The largest absolute Gasteiger partial charge is 0.369 e. The standard InChI is InChI=1S/C8H14N5O5P.C2H4/c1-4(18-3-19(15,16)17)13-2-10-5-6(13)11-8(9)12-7(5)14;1-2/h4,10H,2-3H2,1H3,(H2,15,16,17)(H3,9,11,12,14);1-2H2. The van der Waals surface area contributed by atoms with Gasteiger partial charge in [-0.1, -0.05) is 0 Å². The van der Waals surface area contributed by atoms with Gasteiger partial charge in [0.1, 0.15) is 11.9 Å². The predicted octanol–water partition coefficient (Wildman–Crippen LogP) is -0.159. The van der Waals surface area contributed by atoms with Crippen LogP contribution in [0.5, 0.6) is 0 Å². The highest BCUT2D eigenvalue weighted by atomic mass is 31.2. The summed E-state index contributed by atoms with van der Waals surface area (Å²) in [7, 11) is -4.25. The van der Waals surface area contributed by atoms with Crippen LogP contribution < -0.4 is 21.5 Å². The fourth-order valence-corrected chi connectivity index (χ4v) is 2.09. The number of nitrogens with two attached hydrogens (primary N) is 1. The molecule has 0 spiro atoms. The van der Waals surface area contributed by atoms with E-state index in [1.165, 1.54) is 4.90 Å². The first-order valence-corrected chi connectivity index (χ1v) is 7.64. The van der Waals surface area contributed by atoms with Crippen molar-refractivity contribution in [3.05, 3.63) is 23.5 Å². The quantitative estimate of drug-likeness (QED) is 0.376. The maximum absolute atomic E-state index is 11.6. The van der Waals surface area contributed by atoms with Crippen molar-refractivity contribution in [2.75, 3.05) is 29.0 Å². The summed E-state index contributed by atoms with van der Waals surface area (Å²) < 4.78 is 15.8. The molecule has 0 amide bonds. The molecular weight excluding hydrogens is 301 g/mol. The second kappa shape index (κ2) is 6.72. The Morgan fingerprint density at radius 3 is 2.76 bits per heavy atom. The van der Waals surface area contributed by atoms with Crippen molar-refractivity contribution < 1.29 is 19.1 Å². The molecule has 2 heterocycles. The molecule has 21 heavy (non-hydrogen) atoms. The van der Waals surface area contributed by atoms with Crippen LogP contribution in [0.2, 0.25) is 0 Å². The van der Waals surface area contributed by atoms with Gasteiger partial charge >= 0.3 is 7.60 Å². The summed E-state index contributed by atoms with van der Waals surface area (Å²) in [5, 5.41) is 2.81. The summed E-state index contributed by atoms with van der Waals surface area (Å²) >= 11 is 0. The zero-order valence-corrected chi connectivity index (χ0v) is 12.3. The fourth-order valence-electron chi connectivity index (χ4n) is 1.68. The Hall–Kier alpha value is -1.87. The molecule has 1 aromatic rings. The van der Waals surface area contributed by atoms with Crippen LogP contribution in [0.3, 0.4) is 0 Å². The topological polar surface area (TPSA) is 154 Å². The van der Waals surface area contributed by atoms with E-state index >= 15 is 0 Å². The van der Waals surface area contributed by atoms with E-state index in [9.17, 15) is 9.36 Å². The maximum atomic E-state index is 11.6. The summed E-state index contributed by atoms with van der Waals surface area (Å²) in [6.07, 6.45) is -1.38. The number of ether oxygens (including phenoxy) is 1. The lowest BCUT2D eigenvalue weighted by Gasteiger charge is -2.25. The first kappa shape index (κ1) is 17.2. The Morgan fingerprint density at radius 1 is 1.57 bits per heavy atom. The van der Waals surface area contributed by atoms with Crippen LogP contribution >= 0.6 is 7.60 Å². The van der Waals surface area contributed by atoms with E-state index in [4.69, 9.17) is 20.3 Å². The molecule has 0 fully saturated rings. The van der Waals surface area contributed by atoms with Gasteiger partial charge in [-0.05, 0) is 6.92 Å². The zero-order valence-electron chi connectivity index (χ0n) is 11.4. The molecule has 1 atom stereocenters. The molecular formula is C10H18N5O5P. The second-order valence-corrected chi connectivity index (χ2v) is 5.60. The summed E-state index contributed by atoms with van der Waals surface area (Å²) in [5.41, 5.74) is 5.29. The number of rotatable bonds is 4. The molecule has 2 rings (SSSR count). The van der Waals surface area contributed by atoms with Crippen molar-refractivity contribution >= 4 is 25.0 Å². The Balaban J connectivity index is 0.00000106. The molecule has 0 bridgehead atoms. The summed E-state index contributed by atoms with van der Waals surface area (Å²) in [6, 6.07) is 0. The van der Waals surface area contributed by atoms with Gasteiger partial charge in [0.2, 0.25) is 5.95 Å². The zero-order chi connectivity index (χ0) is 16.2. The van der Waals surface area contributed by atoms with Gasteiger partial charge in [-0.2, -0.15) is 4.98 Å². The molecule has 0 saturated heterocycles. The van der Waals surface area contributed by atoms with Crippen LogP contribution in [-0.2, 0) is 9.30 Å². The fraction of sp³-hybridized carbons (Fsp3) is 0.400. The smallest absolute Gasteiger partial charge is 0.351 e. The third-order valence-corrected chi connectivity index (χ3v) is 3.03. The van der Waals surface area contributed by atoms with Gasteiger partial charge in [0.15, 0.2) is 12.2 Å². The second-order valence-electron chi connectivity index (χ2n) is 4.01. The Morgan fingerprint density at radius 2 is 2.19 bits per heavy atom.